The molecule has 0 N–H and O–H groups in total. The highest BCUT2D eigenvalue weighted by Gasteiger charge is 2.41. The summed E-state index contributed by atoms with van der Waals surface area (Å²) in [4.78, 5) is 22.8. The average molecular weight is 280 g/mol. The second-order valence-corrected chi connectivity index (χ2v) is 6.35. The van der Waals surface area contributed by atoms with Gasteiger partial charge in [0.15, 0.2) is 0 Å². The molecule has 2 rings (SSSR count). The van der Waals surface area contributed by atoms with E-state index in [0.29, 0.717) is 11.8 Å². The number of fused-ring (bicyclic) bond motifs is 2. The summed E-state index contributed by atoms with van der Waals surface area (Å²) in [5, 5.41) is 0. The summed E-state index contributed by atoms with van der Waals surface area (Å²) in [7, 11) is 0. The first-order valence-electron chi connectivity index (χ1n) is 7.52. The molecule has 0 amide bonds. The largest absolute Gasteiger partial charge is 0.462 e. The maximum absolute atomic E-state index is 11.9. The van der Waals surface area contributed by atoms with E-state index in [1.807, 2.05) is 6.92 Å². The van der Waals surface area contributed by atoms with Crippen molar-refractivity contribution in [2.75, 3.05) is 6.61 Å². The zero-order valence-corrected chi connectivity index (χ0v) is 12.2. The van der Waals surface area contributed by atoms with E-state index in [1.54, 1.807) is 0 Å². The van der Waals surface area contributed by atoms with Gasteiger partial charge in [-0.25, -0.2) is 4.79 Å². The van der Waals surface area contributed by atoms with Gasteiger partial charge in [0.2, 0.25) is 0 Å². The van der Waals surface area contributed by atoms with Gasteiger partial charge in [-0.15, -0.1) is 0 Å². The van der Waals surface area contributed by atoms with Crippen LogP contribution in [0.15, 0.2) is 12.7 Å². The molecule has 0 aromatic heterocycles. The van der Waals surface area contributed by atoms with Gasteiger partial charge >= 0.3 is 11.9 Å². The molecule has 0 spiro atoms. The van der Waals surface area contributed by atoms with Crippen LogP contribution in [-0.4, -0.2) is 24.1 Å². The first-order valence-corrected chi connectivity index (χ1v) is 7.52. The molecule has 0 radical (unpaired) electrons. The van der Waals surface area contributed by atoms with Crippen LogP contribution >= 0.6 is 0 Å². The normalized spacial score (nSPS) is 32.2. The molecule has 2 unspecified atom stereocenters. The van der Waals surface area contributed by atoms with Crippen LogP contribution in [0.25, 0.3) is 0 Å². The number of ether oxygens (including phenoxy) is 2. The molecule has 0 aromatic carbocycles. The lowest BCUT2D eigenvalue weighted by Crippen LogP contribution is -2.42. The van der Waals surface area contributed by atoms with Crippen LogP contribution in [0.3, 0.4) is 0 Å². The van der Waals surface area contributed by atoms with Crippen molar-refractivity contribution in [1.29, 1.82) is 0 Å². The van der Waals surface area contributed by atoms with Gasteiger partial charge in [-0.3, -0.25) is 4.79 Å². The maximum Gasteiger partial charge on any atom is 0.330 e. The topological polar surface area (TPSA) is 52.6 Å². The van der Waals surface area contributed by atoms with Crippen molar-refractivity contribution in [2.24, 2.45) is 11.8 Å². The molecule has 4 nitrogen and oxygen atoms in total. The molecule has 2 aliphatic rings. The van der Waals surface area contributed by atoms with E-state index in [-0.39, 0.29) is 24.6 Å². The lowest BCUT2D eigenvalue weighted by Gasteiger charge is -2.44. The minimum atomic E-state index is -0.504. The second-order valence-electron chi connectivity index (χ2n) is 6.35. The zero-order valence-electron chi connectivity index (χ0n) is 12.2. The Labute approximate surface area is 120 Å². The summed E-state index contributed by atoms with van der Waals surface area (Å²) in [6, 6.07) is 0. The summed E-state index contributed by atoms with van der Waals surface area (Å²) in [5.74, 6) is 0.637. The van der Waals surface area contributed by atoms with Crippen LogP contribution in [0.1, 0.15) is 51.9 Å². The number of carbonyl (C=O) groups excluding carboxylic acids is 2. The third-order valence-electron chi connectivity index (χ3n) is 4.41. The molecular weight excluding hydrogens is 256 g/mol. The highest BCUT2D eigenvalue weighted by Crippen LogP contribution is 2.45. The van der Waals surface area contributed by atoms with E-state index >= 15 is 0 Å². The predicted octanol–water partition coefficient (Wildman–Crippen LogP) is 3.01. The second kappa shape index (κ2) is 6.42. The zero-order chi connectivity index (χ0) is 14.6. The van der Waals surface area contributed by atoms with E-state index in [9.17, 15) is 9.59 Å². The van der Waals surface area contributed by atoms with E-state index in [4.69, 9.17) is 9.47 Å². The predicted molar refractivity (Wildman–Crippen MR) is 75.0 cm³/mol. The molecule has 2 bridgehead atoms. The first-order chi connectivity index (χ1) is 9.50. The lowest BCUT2D eigenvalue weighted by molar-refractivity contribution is -0.167. The Balaban J connectivity index is 1.78. The number of hydrogen-bond donors (Lipinski definition) is 0. The van der Waals surface area contributed by atoms with Gasteiger partial charge in [-0.1, -0.05) is 25.8 Å². The summed E-state index contributed by atoms with van der Waals surface area (Å²) in [6.45, 7) is 5.41. The minimum Gasteiger partial charge on any atom is -0.462 e. The fourth-order valence-corrected chi connectivity index (χ4v) is 3.78. The lowest BCUT2D eigenvalue weighted by atomic mass is 9.66. The van der Waals surface area contributed by atoms with Gasteiger partial charge in [0.05, 0.1) is 6.42 Å². The summed E-state index contributed by atoms with van der Waals surface area (Å²) in [5.41, 5.74) is -0.326. The van der Waals surface area contributed by atoms with E-state index in [0.717, 1.165) is 18.9 Å². The Morgan fingerprint density at radius 1 is 1.30 bits per heavy atom. The summed E-state index contributed by atoms with van der Waals surface area (Å²) in [6.07, 6.45) is 8.30. The highest BCUT2D eigenvalue weighted by atomic mass is 16.6. The fourth-order valence-electron chi connectivity index (χ4n) is 3.78. The van der Waals surface area contributed by atoms with Crippen LogP contribution in [0.2, 0.25) is 0 Å². The third-order valence-corrected chi connectivity index (χ3v) is 4.41. The Morgan fingerprint density at radius 2 is 1.95 bits per heavy atom. The van der Waals surface area contributed by atoms with Crippen LogP contribution in [0, 0.1) is 11.8 Å². The van der Waals surface area contributed by atoms with Gasteiger partial charge in [-0.05, 0) is 38.0 Å². The van der Waals surface area contributed by atoms with E-state index in [2.05, 4.69) is 6.58 Å². The molecule has 2 atom stereocenters. The van der Waals surface area contributed by atoms with Gasteiger partial charge in [0.25, 0.3) is 0 Å². The fraction of sp³-hybridized carbons (Fsp3) is 0.750. The van der Waals surface area contributed by atoms with Crippen molar-refractivity contribution in [3.8, 4) is 0 Å². The van der Waals surface area contributed by atoms with Gasteiger partial charge in [-0.2, -0.15) is 0 Å². The Hall–Kier alpha value is -1.32. The third kappa shape index (κ3) is 4.09. The Bertz CT molecular complexity index is 376. The van der Waals surface area contributed by atoms with E-state index < -0.39 is 5.97 Å². The van der Waals surface area contributed by atoms with Crippen LogP contribution < -0.4 is 0 Å². The van der Waals surface area contributed by atoms with Crippen LogP contribution in [0.5, 0.6) is 0 Å². The molecule has 2 saturated carbocycles. The maximum atomic E-state index is 11.9. The van der Waals surface area contributed by atoms with Crippen molar-refractivity contribution in [1.82, 2.24) is 0 Å². The molecule has 2 fully saturated rings. The van der Waals surface area contributed by atoms with Gasteiger partial charge < -0.3 is 9.47 Å². The number of esters is 2. The van der Waals surface area contributed by atoms with Crippen LogP contribution in [0.4, 0.5) is 0 Å². The number of hydrogen-bond acceptors (Lipinski definition) is 4. The smallest absolute Gasteiger partial charge is 0.330 e. The molecule has 0 aromatic rings. The summed E-state index contributed by atoms with van der Waals surface area (Å²) < 4.78 is 10.5. The molecular formula is C16H24O4. The van der Waals surface area contributed by atoms with Crippen molar-refractivity contribution >= 4 is 11.9 Å². The van der Waals surface area contributed by atoms with Gasteiger partial charge in [0, 0.05) is 6.08 Å². The molecule has 0 heterocycles. The minimum absolute atomic E-state index is 0.0621. The SMILES string of the molecule is C=CC(=O)OCCC(=O)OC1(C)CC2CCCC(C2)C1. The number of carbonyl (C=O) groups is 2. The monoisotopic (exact) mass is 280 g/mol. The molecule has 112 valence electrons. The van der Waals surface area contributed by atoms with Crippen LogP contribution in [-0.2, 0) is 19.1 Å². The van der Waals surface area contributed by atoms with Gasteiger partial charge in [0.1, 0.15) is 12.2 Å². The number of rotatable bonds is 5. The molecule has 4 heteroatoms. The van der Waals surface area contributed by atoms with Crippen molar-refractivity contribution < 1.29 is 19.1 Å². The van der Waals surface area contributed by atoms with Crippen molar-refractivity contribution in [3.05, 3.63) is 12.7 Å². The molecule has 2 aliphatic carbocycles. The first kappa shape index (κ1) is 15.1. The average Bonchev–Trinajstić information content (AvgIpc) is 2.37. The highest BCUT2D eigenvalue weighted by molar-refractivity contribution is 5.81. The van der Waals surface area contributed by atoms with E-state index in [1.165, 1.54) is 25.7 Å². The molecule has 0 aliphatic heterocycles. The summed E-state index contributed by atoms with van der Waals surface area (Å²) >= 11 is 0. The quantitative estimate of drug-likeness (QED) is 0.574. The standard InChI is InChI=1S/C16H24O4/c1-3-14(17)19-8-7-15(18)20-16(2)10-12-5-4-6-13(9-12)11-16/h3,12-13H,1,4-11H2,2H3. The molecule has 20 heavy (non-hydrogen) atoms. The van der Waals surface area contributed by atoms with Crippen molar-refractivity contribution in [3.63, 3.8) is 0 Å². The Kier molecular flexibility index (Phi) is 4.84. The van der Waals surface area contributed by atoms with Crippen molar-refractivity contribution in [2.45, 2.75) is 57.5 Å². The Morgan fingerprint density at radius 3 is 2.55 bits per heavy atom. The molecule has 0 saturated heterocycles.